The summed E-state index contributed by atoms with van der Waals surface area (Å²) in [6.45, 7) is 5.98. The second-order valence-corrected chi connectivity index (χ2v) is 16.2. The molecule has 0 fully saturated rings. The molecule has 1 atom stereocenters. The molecule has 0 radical (unpaired) electrons. The van der Waals surface area contributed by atoms with E-state index in [9.17, 15) is 0 Å². The molecule has 11 heteroatoms. The molecular weight excluding hydrogens is 353 g/mol. The molecular formula is C5H10Cl4N3OP3. The molecule has 0 aromatic carbocycles. The van der Waals surface area contributed by atoms with Crippen LogP contribution in [0.15, 0.2) is 25.4 Å². The molecule has 0 aromatic heterocycles. The Balaban J connectivity index is 3.37. The molecule has 1 aliphatic rings. The number of methoxy groups -OCH3 is 1. The minimum atomic E-state index is -2.84. The van der Waals surface area contributed by atoms with Gasteiger partial charge in [-0.1, -0.05) is 6.58 Å². The highest BCUT2D eigenvalue weighted by Crippen LogP contribution is 2.85. The number of rotatable bonds is 3. The van der Waals surface area contributed by atoms with Crippen LogP contribution in [-0.2, 0) is 4.74 Å². The number of hydrogen-bond donors (Lipinski definition) is 0. The van der Waals surface area contributed by atoms with Gasteiger partial charge in [0.15, 0.2) is 0 Å². The average Bonchev–Trinajstić information content (AvgIpc) is 1.97. The van der Waals surface area contributed by atoms with Crippen LogP contribution in [-0.4, -0.2) is 20.4 Å². The lowest BCUT2D eigenvalue weighted by Gasteiger charge is -2.24. The first-order valence-corrected chi connectivity index (χ1v) is 13.1. The van der Waals surface area contributed by atoms with Crippen molar-refractivity contribution in [3.8, 4) is 0 Å². The fraction of sp³-hybridized carbons (Fsp3) is 0.600. The number of ether oxygens (including phenoxy) is 1. The van der Waals surface area contributed by atoms with Crippen molar-refractivity contribution in [1.82, 2.24) is 0 Å². The van der Waals surface area contributed by atoms with Crippen molar-refractivity contribution >= 4 is 64.0 Å². The van der Waals surface area contributed by atoms with Crippen molar-refractivity contribution in [3.63, 3.8) is 0 Å². The van der Waals surface area contributed by atoms with Gasteiger partial charge in [0.2, 0.25) is 0 Å². The highest BCUT2D eigenvalue weighted by molar-refractivity contribution is 8.21. The van der Waals surface area contributed by atoms with Crippen molar-refractivity contribution in [2.24, 2.45) is 13.5 Å². The van der Waals surface area contributed by atoms with Gasteiger partial charge in [0, 0.05) is 12.4 Å². The first-order valence-electron chi connectivity index (χ1n) is 3.95. The van der Waals surface area contributed by atoms with E-state index in [0.717, 1.165) is 0 Å². The molecule has 1 aliphatic heterocycles. The first kappa shape index (κ1) is 15.6. The second-order valence-electron chi connectivity index (χ2n) is 3.09. The standard InChI is InChI=1S/C5H10Cl4N3OP3/c1-5(4-13-2)14(3)10-15(6,7)12-16(8,9)11-14/h1,4H2,2-3H3. The molecule has 1 rings (SSSR count). The molecule has 0 saturated carbocycles. The lowest BCUT2D eigenvalue weighted by atomic mass is 10.7. The molecule has 0 N–H and O–H groups in total. The van der Waals surface area contributed by atoms with E-state index in [-0.39, 0.29) is 0 Å². The third kappa shape index (κ3) is 4.04. The fourth-order valence-corrected chi connectivity index (χ4v) is 17.7. The van der Waals surface area contributed by atoms with Gasteiger partial charge in [0.05, 0.1) is 6.61 Å². The van der Waals surface area contributed by atoms with Gasteiger partial charge in [-0.15, -0.1) is 0 Å². The smallest absolute Gasteiger partial charge is 0.255 e. The van der Waals surface area contributed by atoms with Crippen LogP contribution in [0, 0.1) is 0 Å². The normalized spacial score (nSPS) is 30.9. The SMILES string of the molecule is C=C(COC)P1(C)=NP(Cl)(Cl)=NP(Cl)(Cl)=N1. The minimum Gasteiger partial charge on any atom is -0.380 e. The van der Waals surface area contributed by atoms with E-state index in [1.165, 1.54) is 0 Å². The van der Waals surface area contributed by atoms with Gasteiger partial charge >= 0.3 is 0 Å². The van der Waals surface area contributed by atoms with Crippen molar-refractivity contribution < 1.29 is 4.74 Å². The predicted molar refractivity (Wildman–Crippen MR) is 78.4 cm³/mol. The monoisotopic (exact) mass is 361 g/mol. The topological polar surface area (TPSA) is 46.3 Å². The van der Waals surface area contributed by atoms with E-state index in [1.807, 2.05) is 0 Å². The maximum atomic E-state index is 5.97. The lowest BCUT2D eigenvalue weighted by Crippen LogP contribution is -1.93. The molecule has 0 spiro atoms. The zero-order valence-electron chi connectivity index (χ0n) is 8.52. The van der Waals surface area contributed by atoms with Crippen molar-refractivity contribution in [2.75, 3.05) is 20.4 Å². The van der Waals surface area contributed by atoms with Crippen molar-refractivity contribution in [1.29, 1.82) is 0 Å². The zero-order chi connectivity index (χ0) is 12.6. The van der Waals surface area contributed by atoms with Crippen LogP contribution in [0.25, 0.3) is 0 Å². The molecule has 1 heterocycles. The van der Waals surface area contributed by atoms with Crippen LogP contribution >= 0.6 is 64.0 Å². The summed E-state index contributed by atoms with van der Waals surface area (Å²) in [6, 6.07) is 0. The summed E-state index contributed by atoms with van der Waals surface area (Å²) in [7, 11) is -0.751. The molecule has 0 aromatic rings. The molecule has 0 amide bonds. The van der Waals surface area contributed by atoms with Gasteiger partial charge in [0.1, 0.15) is 7.21 Å². The van der Waals surface area contributed by atoms with Crippen LogP contribution in [0.1, 0.15) is 0 Å². The predicted octanol–water partition coefficient (Wildman–Crippen LogP) is 6.75. The molecule has 0 bridgehead atoms. The number of nitrogens with zero attached hydrogens (tertiary/aromatic N) is 3. The van der Waals surface area contributed by atoms with Crippen molar-refractivity contribution in [2.45, 2.75) is 0 Å². The Hall–Kier alpha value is 1.55. The maximum absolute atomic E-state index is 5.97. The van der Waals surface area contributed by atoms with Gasteiger partial charge in [-0.05, 0) is 51.6 Å². The Morgan fingerprint density at radius 3 is 2.06 bits per heavy atom. The Labute approximate surface area is 114 Å². The summed E-state index contributed by atoms with van der Waals surface area (Å²) >= 11 is 23.9. The fourth-order valence-electron chi connectivity index (χ4n) is 1.02. The molecule has 1 unspecified atom stereocenters. The summed E-state index contributed by atoms with van der Waals surface area (Å²) in [5.41, 5.74) is 0. The summed E-state index contributed by atoms with van der Waals surface area (Å²) in [4.78, 5) is 0. The van der Waals surface area contributed by atoms with E-state index < -0.39 is 19.0 Å². The summed E-state index contributed by atoms with van der Waals surface area (Å²) in [5.74, 6) is -5.68. The van der Waals surface area contributed by atoms with E-state index in [1.54, 1.807) is 13.8 Å². The van der Waals surface area contributed by atoms with Gasteiger partial charge in [-0.3, -0.25) is 0 Å². The summed E-state index contributed by atoms with van der Waals surface area (Å²) in [6.07, 6.45) is 0. The molecule has 4 nitrogen and oxygen atoms in total. The van der Waals surface area contributed by atoms with Crippen LogP contribution in [0.4, 0.5) is 0 Å². The highest BCUT2D eigenvalue weighted by atomic mass is 35.9. The third-order valence-electron chi connectivity index (χ3n) is 1.69. The van der Waals surface area contributed by atoms with E-state index in [2.05, 4.69) is 20.1 Å². The quantitative estimate of drug-likeness (QED) is 0.512. The number of halogens is 4. The van der Waals surface area contributed by atoms with Gasteiger partial charge in [0.25, 0.3) is 11.8 Å². The van der Waals surface area contributed by atoms with Crippen LogP contribution in [0.5, 0.6) is 0 Å². The molecule has 0 saturated heterocycles. The van der Waals surface area contributed by atoms with Gasteiger partial charge in [-0.25, -0.2) is 9.03 Å². The Morgan fingerprint density at radius 1 is 1.12 bits per heavy atom. The van der Waals surface area contributed by atoms with Crippen LogP contribution in [0.2, 0.25) is 0 Å². The molecule has 0 aliphatic carbocycles. The van der Waals surface area contributed by atoms with Crippen LogP contribution < -0.4 is 0 Å². The minimum absolute atomic E-state index is 0.318. The summed E-state index contributed by atoms with van der Waals surface area (Å²) in [5, 5.41) is 0.696. The average molecular weight is 363 g/mol. The Kier molecular flexibility index (Phi) is 5.14. The van der Waals surface area contributed by atoms with Crippen LogP contribution in [0.3, 0.4) is 0 Å². The third-order valence-corrected chi connectivity index (χ3v) is 14.1. The molecule has 16 heavy (non-hydrogen) atoms. The summed E-state index contributed by atoms with van der Waals surface area (Å²) < 4.78 is 17.4. The van der Waals surface area contributed by atoms with E-state index in [0.29, 0.717) is 11.9 Å². The number of hydrogen-bond acceptors (Lipinski definition) is 4. The van der Waals surface area contributed by atoms with Gasteiger partial charge < -0.3 is 4.74 Å². The lowest BCUT2D eigenvalue weighted by molar-refractivity contribution is 0.231. The zero-order valence-corrected chi connectivity index (χ0v) is 14.2. The Morgan fingerprint density at radius 2 is 1.62 bits per heavy atom. The largest absolute Gasteiger partial charge is 0.380 e. The first-order chi connectivity index (χ1) is 7.10. The van der Waals surface area contributed by atoms with Gasteiger partial charge in [-0.2, -0.15) is 4.52 Å². The highest BCUT2D eigenvalue weighted by Gasteiger charge is 2.31. The van der Waals surface area contributed by atoms with E-state index >= 15 is 0 Å². The molecule has 94 valence electrons. The second kappa shape index (κ2) is 5.27. The maximum Gasteiger partial charge on any atom is 0.255 e. The Bertz CT molecular complexity index is 468. The van der Waals surface area contributed by atoms with E-state index in [4.69, 9.17) is 49.7 Å². The van der Waals surface area contributed by atoms with Crippen molar-refractivity contribution in [3.05, 3.63) is 11.9 Å².